The molecular weight excluding hydrogens is 328 g/mol. The molecule has 1 aromatic heterocycles. The van der Waals surface area contributed by atoms with Gasteiger partial charge in [-0.1, -0.05) is 0 Å². The number of nitro groups is 1. The van der Waals surface area contributed by atoms with Crippen LogP contribution in [0.2, 0.25) is 0 Å². The van der Waals surface area contributed by atoms with E-state index in [0.717, 1.165) is 17.7 Å². The van der Waals surface area contributed by atoms with E-state index in [1.807, 2.05) is 5.38 Å². The molecule has 7 nitrogen and oxygen atoms in total. The summed E-state index contributed by atoms with van der Waals surface area (Å²) in [5.74, 6) is 0. The highest BCUT2D eigenvalue weighted by Crippen LogP contribution is 2.19. The zero-order valence-electron chi connectivity index (χ0n) is 11.4. The van der Waals surface area contributed by atoms with Gasteiger partial charge in [-0.2, -0.15) is 11.3 Å². The van der Waals surface area contributed by atoms with Crippen LogP contribution in [0.1, 0.15) is 18.1 Å². The first-order valence-corrected chi connectivity index (χ1v) is 8.77. The molecule has 1 atom stereocenters. The zero-order chi connectivity index (χ0) is 16.2. The summed E-state index contributed by atoms with van der Waals surface area (Å²) < 4.78 is 26.4. The molecule has 0 bridgehead atoms. The summed E-state index contributed by atoms with van der Waals surface area (Å²) in [5.41, 5.74) is 0.575. The van der Waals surface area contributed by atoms with Crippen molar-refractivity contribution in [3.8, 4) is 0 Å². The van der Waals surface area contributed by atoms with Gasteiger partial charge in [0.1, 0.15) is 0 Å². The molecule has 0 fully saturated rings. The molecule has 0 aliphatic heterocycles. The van der Waals surface area contributed by atoms with Gasteiger partial charge in [-0.25, -0.2) is 13.1 Å². The molecule has 2 aromatic rings. The molecule has 118 valence electrons. The molecule has 2 rings (SSSR count). The third-order valence-corrected chi connectivity index (χ3v) is 5.17. The third kappa shape index (κ3) is 4.10. The molecule has 1 unspecified atom stereocenters. The number of nitrogens with one attached hydrogen (secondary N) is 1. The van der Waals surface area contributed by atoms with Crippen LogP contribution < -0.4 is 4.72 Å². The predicted octanol–water partition coefficient (Wildman–Crippen LogP) is 2.06. The molecule has 0 spiro atoms. The Hall–Kier alpha value is -1.81. The Balaban J connectivity index is 1.95. The number of nitrogens with zero attached hydrogens (tertiary/aromatic N) is 1. The average Bonchev–Trinajstić information content (AvgIpc) is 3.01. The van der Waals surface area contributed by atoms with Crippen LogP contribution in [0.25, 0.3) is 0 Å². The molecule has 9 heteroatoms. The molecule has 0 amide bonds. The summed E-state index contributed by atoms with van der Waals surface area (Å²) in [6, 6.07) is 6.40. The lowest BCUT2D eigenvalue weighted by molar-refractivity contribution is -0.384. The number of thiophene rings is 1. The van der Waals surface area contributed by atoms with Gasteiger partial charge >= 0.3 is 0 Å². The van der Waals surface area contributed by atoms with E-state index in [-0.39, 0.29) is 23.5 Å². The monoisotopic (exact) mass is 342 g/mol. The normalized spacial score (nSPS) is 13.0. The minimum Gasteiger partial charge on any atom is -0.388 e. The van der Waals surface area contributed by atoms with Crippen LogP contribution in [0, 0.1) is 10.1 Å². The highest BCUT2D eigenvalue weighted by Gasteiger charge is 2.16. The SMILES string of the molecule is O=[N+]([O-])c1ccc(S(=O)(=O)NCCC(O)c2ccsc2)cc1. The van der Waals surface area contributed by atoms with Gasteiger partial charge in [0, 0.05) is 18.7 Å². The molecular formula is C13H14N2O5S2. The van der Waals surface area contributed by atoms with Crippen molar-refractivity contribution in [2.75, 3.05) is 6.54 Å². The van der Waals surface area contributed by atoms with Gasteiger partial charge in [-0.15, -0.1) is 0 Å². The predicted molar refractivity (Wildman–Crippen MR) is 82.2 cm³/mol. The van der Waals surface area contributed by atoms with Crippen molar-refractivity contribution < 1.29 is 18.4 Å². The number of rotatable bonds is 7. The van der Waals surface area contributed by atoms with E-state index in [1.165, 1.54) is 23.5 Å². The van der Waals surface area contributed by atoms with Crippen LogP contribution in [-0.4, -0.2) is 25.0 Å². The highest BCUT2D eigenvalue weighted by molar-refractivity contribution is 7.89. The number of non-ortho nitro benzene ring substituents is 1. The Bertz CT molecular complexity index is 726. The number of benzene rings is 1. The number of aliphatic hydroxyl groups is 1. The number of nitro benzene ring substituents is 1. The molecule has 1 aromatic carbocycles. The Morgan fingerprint density at radius 2 is 1.95 bits per heavy atom. The van der Waals surface area contributed by atoms with Crippen molar-refractivity contribution in [1.29, 1.82) is 0 Å². The van der Waals surface area contributed by atoms with E-state index in [2.05, 4.69) is 4.72 Å². The lowest BCUT2D eigenvalue weighted by atomic mass is 10.1. The fourth-order valence-corrected chi connectivity index (χ4v) is 3.55. The van der Waals surface area contributed by atoms with Crippen LogP contribution in [-0.2, 0) is 10.0 Å². The summed E-state index contributed by atoms with van der Waals surface area (Å²) in [6.07, 6.45) is -0.492. The highest BCUT2D eigenvalue weighted by atomic mass is 32.2. The summed E-state index contributed by atoms with van der Waals surface area (Å²) in [7, 11) is -3.75. The van der Waals surface area contributed by atoms with Gasteiger partial charge in [-0.05, 0) is 40.9 Å². The van der Waals surface area contributed by atoms with Gasteiger partial charge in [0.2, 0.25) is 10.0 Å². The second-order valence-electron chi connectivity index (χ2n) is 4.51. The molecule has 0 saturated carbocycles. The lowest BCUT2D eigenvalue weighted by Gasteiger charge is -2.10. The number of hydrogen-bond acceptors (Lipinski definition) is 6. The van der Waals surface area contributed by atoms with Crippen molar-refractivity contribution in [3.63, 3.8) is 0 Å². The molecule has 22 heavy (non-hydrogen) atoms. The van der Waals surface area contributed by atoms with Gasteiger partial charge in [0.15, 0.2) is 0 Å². The van der Waals surface area contributed by atoms with Crippen LogP contribution in [0.3, 0.4) is 0 Å². The van der Waals surface area contributed by atoms with Crippen molar-refractivity contribution in [1.82, 2.24) is 4.72 Å². The third-order valence-electron chi connectivity index (χ3n) is 3.00. The van der Waals surface area contributed by atoms with Crippen molar-refractivity contribution in [2.45, 2.75) is 17.4 Å². The first-order valence-electron chi connectivity index (χ1n) is 6.34. The van der Waals surface area contributed by atoms with Gasteiger partial charge in [0.25, 0.3) is 5.69 Å². The average molecular weight is 342 g/mol. The van der Waals surface area contributed by atoms with E-state index in [4.69, 9.17) is 0 Å². The maximum absolute atomic E-state index is 12.0. The van der Waals surface area contributed by atoms with E-state index >= 15 is 0 Å². The maximum Gasteiger partial charge on any atom is 0.269 e. The zero-order valence-corrected chi connectivity index (χ0v) is 13.0. The van der Waals surface area contributed by atoms with Crippen LogP contribution in [0.5, 0.6) is 0 Å². The minimum atomic E-state index is -3.75. The second kappa shape index (κ2) is 6.97. The van der Waals surface area contributed by atoms with E-state index < -0.39 is 21.1 Å². The van der Waals surface area contributed by atoms with Crippen LogP contribution >= 0.6 is 11.3 Å². The fourth-order valence-electron chi connectivity index (χ4n) is 1.79. The van der Waals surface area contributed by atoms with Crippen molar-refractivity contribution in [3.05, 3.63) is 56.8 Å². The second-order valence-corrected chi connectivity index (χ2v) is 7.06. The molecule has 0 radical (unpaired) electrons. The topological polar surface area (TPSA) is 110 Å². The molecule has 0 saturated heterocycles. The van der Waals surface area contributed by atoms with Crippen molar-refractivity contribution in [2.24, 2.45) is 0 Å². The number of sulfonamides is 1. The Morgan fingerprint density at radius 3 is 2.50 bits per heavy atom. The quantitative estimate of drug-likeness (QED) is 0.591. The van der Waals surface area contributed by atoms with Gasteiger partial charge in [0.05, 0.1) is 15.9 Å². The van der Waals surface area contributed by atoms with E-state index in [1.54, 1.807) is 11.4 Å². The Morgan fingerprint density at radius 1 is 1.27 bits per heavy atom. The molecule has 1 heterocycles. The molecule has 0 aliphatic carbocycles. The maximum atomic E-state index is 12.0. The smallest absolute Gasteiger partial charge is 0.269 e. The van der Waals surface area contributed by atoms with Gasteiger partial charge < -0.3 is 5.11 Å². The summed E-state index contributed by atoms with van der Waals surface area (Å²) in [5, 5.41) is 24.0. The first-order chi connectivity index (χ1) is 10.4. The largest absolute Gasteiger partial charge is 0.388 e. The van der Waals surface area contributed by atoms with Crippen LogP contribution in [0.15, 0.2) is 46.0 Å². The fraction of sp³-hybridized carbons (Fsp3) is 0.231. The summed E-state index contributed by atoms with van der Waals surface area (Å²) >= 11 is 1.45. The first kappa shape index (κ1) is 16.6. The van der Waals surface area contributed by atoms with E-state index in [0.29, 0.717) is 0 Å². The summed E-state index contributed by atoms with van der Waals surface area (Å²) in [4.78, 5) is 9.89. The van der Waals surface area contributed by atoms with Crippen LogP contribution in [0.4, 0.5) is 5.69 Å². The minimum absolute atomic E-state index is 0.0527. The molecule has 0 aliphatic rings. The standard InChI is InChI=1S/C13H14N2O5S2/c16-13(10-6-8-21-9-10)5-7-14-22(19,20)12-3-1-11(2-4-12)15(17)18/h1-4,6,8-9,13-14,16H,5,7H2. The number of aliphatic hydroxyl groups excluding tert-OH is 1. The summed E-state index contributed by atoms with van der Waals surface area (Å²) in [6.45, 7) is 0.0658. The lowest BCUT2D eigenvalue weighted by Crippen LogP contribution is -2.25. The Kier molecular flexibility index (Phi) is 5.24. The number of hydrogen-bond donors (Lipinski definition) is 2. The van der Waals surface area contributed by atoms with E-state index in [9.17, 15) is 23.6 Å². The molecule has 2 N–H and O–H groups in total. The Labute approximate surface area is 131 Å². The van der Waals surface area contributed by atoms with Gasteiger partial charge in [-0.3, -0.25) is 10.1 Å². The van der Waals surface area contributed by atoms with Crippen molar-refractivity contribution >= 4 is 27.0 Å².